The van der Waals surface area contributed by atoms with Gasteiger partial charge in [0.25, 0.3) is 0 Å². The molecule has 0 radical (unpaired) electrons. The molecule has 4 rings (SSSR count). The summed E-state index contributed by atoms with van der Waals surface area (Å²) in [5, 5.41) is 78.7. The number of aliphatic hydroxyl groups excluding tert-OH is 6. The van der Waals surface area contributed by atoms with Gasteiger partial charge in [0.15, 0.2) is 18.9 Å². The molecule has 4 aliphatic rings. The third-order valence-corrected chi connectivity index (χ3v) is 9.39. The molecular formula is C28H56N8O14. The van der Waals surface area contributed by atoms with Crippen molar-refractivity contribution in [3.63, 3.8) is 0 Å². The zero-order valence-corrected chi connectivity index (χ0v) is 27.7. The van der Waals surface area contributed by atoms with Gasteiger partial charge in [0.05, 0.1) is 44.0 Å². The molecule has 3 saturated heterocycles. The van der Waals surface area contributed by atoms with Crippen LogP contribution in [0.1, 0.15) is 19.3 Å². The molecule has 0 aromatic carbocycles. The van der Waals surface area contributed by atoms with E-state index in [1.54, 1.807) is 0 Å². The van der Waals surface area contributed by atoms with Crippen LogP contribution in [-0.4, -0.2) is 197 Å². The van der Waals surface area contributed by atoms with Crippen LogP contribution in [0.25, 0.3) is 0 Å². The van der Waals surface area contributed by atoms with Crippen LogP contribution < -0.4 is 39.3 Å². The van der Waals surface area contributed by atoms with Crippen molar-refractivity contribution < 1.29 is 69.1 Å². The molecule has 0 spiro atoms. The van der Waals surface area contributed by atoms with Gasteiger partial charge in [0, 0.05) is 32.2 Å². The molecule has 0 unspecified atom stereocenters. The summed E-state index contributed by atoms with van der Waals surface area (Å²) in [6.07, 6.45) is -15.6. The molecule has 292 valence electrons. The van der Waals surface area contributed by atoms with Gasteiger partial charge in [0.1, 0.15) is 54.9 Å². The van der Waals surface area contributed by atoms with Crippen molar-refractivity contribution in [2.75, 3.05) is 45.9 Å². The van der Waals surface area contributed by atoms with Crippen LogP contribution in [0.15, 0.2) is 0 Å². The van der Waals surface area contributed by atoms with Crippen molar-refractivity contribution in [1.29, 1.82) is 0 Å². The monoisotopic (exact) mass is 728 g/mol. The summed E-state index contributed by atoms with van der Waals surface area (Å²) in [7, 11) is 0. The van der Waals surface area contributed by atoms with E-state index < -0.39 is 111 Å². The lowest BCUT2D eigenvalue weighted by molar-refractivity contribution is -0.289. The number of carbonyl (C=O) groups is 1. The normalized spacial score (nSPS) is 43.9. The van der Waals surface area contributed by atoms with E-state index in [0.717, 1.165) is 0 Å². The maximum Gasteiger partial charge on any atom is 0.341 e. The summed E-state index contributed by atoms with van der Waals surface area (Å²) >= 11 is 0. The molecule has 2 amide bonds. The van der Waals surface area contributed by atoms with Gasteiger partial charge in [-0.3, -0.25) is 5.21 Å². The first-order valence-electron chi connectivity index (χ1n) is 16.9. The standard InChI is InChI=1S/C28H56N8O14/c29-3-5-36(44)28(43)35-14-7-13(32)22(48-25-12(31)2-1-11(45-25)9-34-4-6-37)24(18(14)39)50-27-21(42)23(16(10-38)47-27)49-26-17(33)20(41)19(40)15(8-30)46-26/h11-27,34,37-42,44H,1-10,29-33H2,(H,35,43)/t11-,12+,13-,14+,15-,16+,17+,18-,19+,20+,21+,22+,23+,24+,25+,26+,27-/m0/s1. The minimum Gasteiger partial charge on any atom is -0.395 e. The quantitative estimate of drug-likeness (QED) is 0.0423. The number of hydrogen-bond donors (Lipinski definition) is 14. The molecule has 3 heterocycles. The van der Waals surface area contributed by atoms with Crippen molar-refractivity contribution in [2.24, 2.45) is 28.7 Å². The minimum atomic E-state index is -1.66. The smallest absolute Gasteiger partial charge is 0.341 e. The number of amides is 2. The van der Waals surface area contributed by atoms with Gasteiger partial charge < -0.3 is 98.4 Å². The maximum absolute atomic E-state index is 12.6. The number of carbonyl (C=O) groups excluding carboxylic acids is 1. The first-order valence-corrected chi connectivity index (χ1v) is 16.9. The molecule has 0 aromatic rings. The van der Waals surface area contributed by atoms with Crippen molar-refractivity contribution >= 4 is 6.03 Å². The summed E-state index contributed by atoms with van der Waals surface area (Å²) in [4.78, 5) is 12.6. The molecule has 17 atom stereocenters. The topological polar surface area (TPSA) is 371 Å². The van der Waals surface area contributed by atoms with Gasteiger partial charge in [-0.15, -0.1) is 0 Å². The van der Waals surface area contributed by atoms with Gasteiger partial charge in [-0.05, 0) is 19.3 Å². The molecule has 22 nitrogen and oxygen atoms in total. The first-order chi connectivity index (χ1) is 23.8. The Bertz CT molecular complexity index is 1040. The summed E-state index contributed by atoms with van der Waals surface area (Å²) in [6, 6.07) is -4.86. The highest BCUT2D eigenvalue weighted by Gasteiger charge is 2.54. The predicted molar refractivity (Wildman–Crippen MR) is 168 cm³/mol. The molecule has 19 N–H and O–H groups in total. The van der Waals surface area contributed by atoms with E-state index in [4.69, 9.17) is 62.2 Å². The van der Waals surface area contributed by atoms with Crippen molar-refractivity contribution in [1.82, 2.24) is 15.7 Å². The highest BCUT2D eigenvalue weighted by molar-refractivity contribution is 5.73. The Hall–Kier alpha value is -1.49. The fourth-order valence-corrected chi connectivity index (χ4v) is 6.54. The molecular weight excluding hydrogens is 672 g/mol. The molecule has 0 aromatic heterocycles. The van der Waals surface area contributed by atoms with E-state index in [-0.39, 0.29) is 38.8 Å². The predicted octanol–water partition coefficient (Wildman–Crippen LogP) is -7.81. The Labute approximate surface area is 288 Å². The second-order valence-electron chi connectivity index (χ2n) is 13.0. The van der Waals surface area contributed by atoms with Crippen LogP contribution >= 0.6 is 0 Å². The summed E-state index contributed by atoms with van der Waals surface area (Å²) < 4.78 is 35.8. The molecule has 3 aliphatic heterocycles. The number of nitrogens with one attached hydrogen (secondary N) is 2. The Morgan fingerprint density at radius 2 is 1.48 bits per heavy atom. The van der Waals surface area contributed by atoms with Crippen LogP contribution in [0, 0.1) is 0 Å². The van der Waals surface area contributed by atoms with Crippen LogP contribution in [0.3, 0.4) is 0 Å². The van der Waals surface area contributed by atoms with E-state index in [9.17, 15) is 35.5 Å². The number of urea groups is 1. The fourth-order valence-electron chi connectivity index (χ4n) is 6.54. The fraction of sp³-hybridized carbons (Fsp3) is 0.964. The zero-order chi connectivity index (χ0) is 36.7. The second-order valence-corrected chi connectivity index (χ2v) is 13.0. The first kappa shape index (κ1) is 41.3. The molecule has 4 fully saturated rings. The van der Waals surface area contributed by atoms with E-state index >= 15 is 0 Å². The highest BCUT2D eigenvalue weighted by atomic mass is 16.8. The third-order valence-electron chi connectivity index (χ3n) is 9.39. The molecule has 1 saturated carbocycles. The van der Waals surface area contributed by atoms with Crippen LogP contribution in [0.4, 0.5) is 4.79 Å². The summed E-state index contributed by atoms with van der Waals surface area (Å²) in [5.74, 6) is 0. The largest absolute Gasteiger partial charge is 0.395 e. The number of aliphatic hydroxyl groups is 6. The van der Waals surface area contributed by atoms with E-state index in [1.807, 2.05) is 0 Å². The van der Waals surface area contributed by atoms with Crippen LogP contribution in [-0.2, 0) is 28.4 Å². The molecule has 0 bridgehead atoms. The maximum atomic E-state index is 12.6. The summed E-state index contributed by atoms with van der Waals surface area (Å²) in [5.41, 5.74) is 30.0. The zero-order valence-electron chi connectivity index (χ0n) is 27.7. The Balaban J connectivity index is 1.54. The van der Waals surface area contributed by atoms with Crippen LogP contribution in [0.2, 0.25) is 0 Å². The number of rotatable bonds is 15. The number of hydroxylamine groups is 2. The van der Waals surface area contributed by atoms with Gasteiger partial charge in [0.2, 0.25) is 0 Å². The number of nitrogens with two attached hydrogens (primary N) is 5. The van der Waals surface area contributed by atoms with E-state index in [2.05, 4.69) is 10.6 Å². The highest BCUT2D eigenvalue weighted by Crippen LogP contribution is 2.34. The summed E-state index contributed by atoms with van der Waals surface area (Å²) in [6.45, 7) is -0.387. The molecule has 50 heavy (non-hydrogen) atoms. The Kier molecular flexibility index (Phi) is 15.7. The number of nitrogens with zero attached hydrogens (tertiary/aromatic N) is 1. The SMILES string of the molecule is NCCN(O)C(=O)N[C@@H]1C[C@H](N)[C@@H](O[C@H]2O[C@H](CNCCO)CC[C@H]2N)[C@H](O[C@@H]2O[C@H](CO)[C@@H](O[C@H]3O[C@@H](CN)[C@@H](O)[C@H](O)[C@H]3N)[C@H]2O)[C@H]1O. The van der Waals surface area contributed by atoms with Gasteiger partial charge in [-0.1, -0.05) is 0 Å². The average Bonchev–Trinajstić information content (AvgIpc) is 3.39. The lowest BCUT2D eigenvalue weighted by Crippen LogP contribution is -2.67. The Morgan fingerprint density at radius 1 is 0.800 bits per heavy atom. The van der Waals surface area contributed by atoms with Gasteiger partial charge in [-0.25, -0.2) is 9.86 Å². The molecule has 22 heteroatoms. The van der Waals surface area contributed by atoms with E-state index in [0.29, 0.717) is 31.0 Å². The van der Waals surface area contributed by atoms with Crippen molar-refractivity contribution in [3.8, 4) is 0 Å². The Morgan fingerprint density at radius 3 is 2.14 bits per heavy atom. The average molecular weight is 729 g/mol. The lowest BCUT2D eigenvalue weighted by atomic mass is 9.83. The number of ether oxygens (including phenoxy) is 6. The molecule has 1 aliphatic carbocycles. The minimum absolute atomic E-state index is 0.0359. The van der Waals surface area contributed by atoms with E-state index in [1.165, 1.54) is 0 Å². The van der Waals surface area contributed by atoms with Crippen molar-refractivity contribution in [3.05, 3.63) is 0 Å². The van der Waals surface area contributed by atoms with Crippen molar-refractivity contribution in [2.45, 2.75) is 123 Å². The van der Waals surface area contributed by atoms with Gasteiger partial charge in [-0.2, -0.15) is 0 Å². The van der Waals surface area contributed by atoms with Gasteiger partial charge >= 0.3 is 6.03 Å². The van der Waals surface area contributed by atoms with Crippen LogP contribution in [0.5, 0.6) is 0 Å². The lowest BCUT2D eigenvalue weighted by Gasteiger charge is -2.46. The third kappa shape index (κ3) is 9.73. The number of hydrogen-bond acceptors (Lipinski definition) is 20. The second kappa shape index (κ2) is 19.0.